The van der Waals surface area contributed by atoms with Crippen LogP contribution in [0.2, 0.25) is 0 Å². The average molecular weight is 421 g/mol. The zero-order valence-corrected chi connectivity index (χ0v) is 18.1. The molecule has 0 unspecified atom stereocenters. The molecule has 7 nitrogen and oxygen atoms in total. The molecule has 31 heavy (non-hydrogen) atoms. The standard InChI is InChI=1S/C24H27N3O4/c1-14(2)16-9-11-17(12-10-16)21(15(3)4)25-20(28)13-31-24(30)22-18-7-5-6-8-19(18)23(29)27-26-22/h5-12,14-15,21H,13H2,1-4H3,(H,25,28)(H,27,29)/t21-/m0/s1. The van der Waals surface area contributed by atoms with Crippen molar-refractivity contribution in [3.05, 3.63) is 75.7 Å². The second-order valence-corrected chi connectivity index (χ2v) is 8.13. The zero-order valence-electron chi connectivity index (χ0n) is 18.1. The lowest BCUT2D eigenvalue weighted by molar-refractivity contribution is -0.125. The zero-order chi connectivity index (χ0) is 22.5. The highest BCUT2D eigenvalue weighted by molar-refractivity contribution is 6.02. The molecule has 2 aromatic carbocycles. The van der Waals surface area contributed by atoms with Gasteiger partial charge in [0.25, 0.3) is 11.5 Å². The molecule has 1 aromatic heterocycles. The lowest BCUT2D eigenvalue weighted by Crippen LogP contribution is -2.35. The van der Waals surface area contributed by atoms with Crippen LogP contribution in [0.15, 0.2) is 53.3 Å². The van der Waals surface area contributed by atoms with Gasteiger partial charge in [-0.3, -0.25) is 9.59 Å². The Hall–Kier alpha value is -3.48. The highest BCUT2D eigenvalue weighted by Crippen LogP contribution is 2.24. The Morgan fingerprint density at radius 1 is 0.968 bits per heavy atom. The Morgan fingerprint density at radius 3 is 2.19 bits per heavy atom. The van der Waals surface area contributed by atoms with Gasteiger partial charge in [-0.15, -0.1) is 0 Å². The van der Waals surface area contributed by atoms with Gasteiger partial charge in [-0.25, -0.2) is 9.89 Å². The molecule has 0 saturated heterocycles. The summed E-state index contributed by atoms with van der Waals surface area (Å²) in [7, 11) is 0. The molecule has 0 fully saturated rings. The van der Waals surface area contributed by atoms with Crippen LogP contribution in [0.25, 0.3) is 10.8 Å². The number of hydrogen-bond donors (Lipinski definition) is 2. The van der Waals surface area contributed by atoms with Crippen molar-refractivity contribution in [3.63, 3.8) is 0 Å². The van der Waals surface area contributed by atoms with E-state index in [1.807, 2.05) is 26.0 Å². The number of H-pyrrole nitrogens is 1. The number of benzene rings is 2. The number of carbonyl (C=O) groups is 2. The first kappa shape index (κ1) is 22.2. The second-order valence-electron chi connectivity index (χ2n) is 8.13. The summed E-state index contributed by atoms with van der Waals surface area (Å²) in [5.74, 6) is -0.605. The van der Waals surface area contributed by atoms with Crippen molar-refractivity contribution in [1.82, 2.24) is 15.5 Å². The number of fused-ring (bicyclic) bond motifs is 1. The van der Waals surface area contributed by atoms with Crippen molar-refractivity contribution in [2.45, 2.75) is 39.7 Å². The first-order chi connectivity index (χ1) is 14.8. The molecule has 0 aliphatic heterocycles. The number of aromatic amines is 1. The minimum atomic E-state index is -0.773. The third-order valence-corrected chi connectivity index (χ3v) is 5.17. The molecule has 0 radical (unpaired) electrons. The van der Waals surface area contributed by atoms with Gasteiger partial charge in [0.2, 0.25) is 0 Å². The average Bonchev–Trinajstić information content (AvgIpc) is 2.76. The van der Waals surface area contributed by atoms with Crippen LogP contribution in [-0.4, -0.2) is 28.7 Å². The highest BCUT2D eigenvalue weighted by atomic mass is 16.5. The fourth-order valence-corrected chi connectivity index (χ4v) is 3.41. The number of carbonyl (C=O) groups excluding carboxylic acids is 2. The van der Waals surface area contributed by atoms with Crippen molar-refractivity contribution in [3.8, 4) is 0 Å². The maximum Gasteiger partial charge on any atom is 0.359 e. The third kappa shape index (κ3) is 5.17. The molecule has 2 N–H and O–H groups in total. The maximum absolute atomic E-state index is 12.5. The Labute approximate surface area is 180 Å². The van der Waals surface area contributed by atoms with E-state index in [9.17, 15) is 14.4 Å². The van der Waals surface area contributed by atoms with Crippen molar-refractivity contribution < 1.29 is 14.3 Å². The molecule has 0 saturated carbocycles. The van der Waals surface area contributed by atoms with Crippen LogP contribution in [0, 0.1) is 5.92 Å². The summed E-state index contributed by atoms with van der Waals surface area (Å²) in [5, 5.41) is 9.73. The van der Waals surface area contributed by atoms with E-state index >= 15 is 0 Å². The number of esters is 1. The molecule has 0 spiro atoms. The summed E-state index contributed by atoms with van der Waals surface area (Å²) >= 11 is 0. The SMILES string of the molecule is CC(C)c1ccc([C@@H](NC(=O)COC(=O)c2n[nH]c(=O)c3ccccc23)C(C)C)cc1. The first-order valence-corrected chi connectivity index (χ1v) is 10.3. The van der Waals surface area contributed by atoms with Gasteiger partial charge < -0.3 is 10.1 Å². The van der Waals surface area contributed by atoms with E-state index < -0.39 is 24.0 Å². The summed E-state index contributed by atoms with van der Waals surface area (Å²) in [4.78, 5) is 36.8. The minimum Gasteiger partial charge on any atom is -0.451 e. The molecule has 1 amide bonds. The molecule has 1 heterocycles. The lowest BCUT2D eigenvalue weighted by atomic mass is 9.93. The van der Waals surface area contributed by atoms with Gasteiger partial charge in [-0.2, -0.15) is 5.10 Å². The van der Waals surface area contributed by atoms with Crippen molar-refractivity contribution in [1.29, 1.82) is 0 Å². The topological polar surface area (TPSA) is 101 Å². The van der Waals surface area contributed by atoms with E-state index in [4.69, 9.17) is 4.74 Å². The van der Waals surface area contributed by atoms with Gasteiger partial charge in [0.05, 0.1) is 11.4 Å². The lowest BCUT2D eigenvalue weighted by Gasteiger charge is -2.23. The van der Waals surface area contributed by atoms with Gasteiger partial charge >= 0.3 is 5.97 Å². The molecule has 0 bridgehead atoms. The number of nitrogens with one attached hydrogen (secondary N) is 2. The summed E-state index contributed by atoms with van der Waals surface area (Å²) in [6, 6.07) is 14.6. The minimum absolute atomic E-state index is 0.0346. The van der Waals surface area contributed by atoms with E-state index in [1.54, 1.807) is 24.3 Å². The monoisotopic (exact) mass is 421 g/mol. The molecule has 3 rings (SSSR count). The largest absolute Gasteiger partial charge is 0.451 e. The normalized spacial score (nSPS) is 12.2. The Kier molecular flexibility index (Phi) is 6.84. The molecule has 0 aliphatic carbocycles. The third-order valence-electron chi connectivity index (χ3n) is 5.17. The van der Waals surface area contributed by atoms with E-state index in [2.05, 4.69) is 41.5 Å². The summed E-state index contributed by atoms with van der Waals surface area (Å²) < 4.78 is 5.17. The van der Waals surface area contributed by atoms with Gasteiger partial charge in [0, 0.05) is 5.39 Å². The first-order valence-electron chi connectivity index (χ1n) is 10.3. The fraction of sp³-hybridized carbons (Fsp3) is 0.333. The van der Waals surface area contributed by atoms with E-state index in [0.29, 0.717) is 16.7 Å². The van der Waals surface area contributed by atoms with Crippen molar-refractivity contribution in [2.24, 2.45) is 5.92 Å². The second kappa shape index (κ2) is 9.55. The van der Waals surface area contributed by atoms with Crippen LogP contribution >= 0.6 is 0 Å². The van der Waals surface area contributed by atoms with Gasteiger partial charge in [0.1, 0.15) is 0 Å². The van der Waals surface area contributed by atoms with E-state index in [0.717, 1.165) is 5.56 Å². The summed E-state index contributed by atoms with van der Waals surface area (Å²) in [6.07, 6.45) is 0. The summed E-state index contributed by atoms with van der Waals surface area (Å²) in [5.41, 5.74) is 1.79. The number of rotatable bonds is 7. The Balaban J connectivity index is 1.68. The smallest absolute Gasteiger partial charge is 0.359 e. The van der Waals surface area contributed by atoms with Gasteiger partial charge in [-0.1, -0.05) is 70.2 Å². The van der Waals surface area contributed by atoms with Gasteiger partial charge in [0.15, 0.2) is 12.3 Å². The van der Waals surface area contributed by atoms with Crippen LogP contribution in [-0.2, 0) is 9.53 Å². The van der Waals surface area contributed by atoms with Crippen LogP contribution in [0.5, 0.6) is 0 Å². The van der Waals surface area contributed by atoms with Crippen LogP contribution < -0.4 is 10.9 Å². The highest BCUT2D eigenvalue weighted by Gasteiger charge is 2.21. The quantitative estimate of drug-likeness (QED) is 0.566. The molecule has 1 atom stereocenters. The van der Waals surface area contributed by atoms with E-state index in [1.165, 1.54) is 5.56 Å². The Morgan fingerprint density at radius 2 is 1.58 bits per heavy atom. The fourth-order valence-electron chi connectivity index (χ4n) is 3.41. The number of amides is 1. The number of ether oxygens (including phenoxy) is 1. The van der Waals surface area contributed by atoms with Crippen molar-refractivity contribution in [2.75, 3.05) is 6.61 Å². The molecular weight excluding hydrogens is 394 g/mol. The predicted octanol–water partition coefficient (Wildman–Crippen LogP) is 3.72. The summed E-state index contributed by atoms with van der Waals surface area (Å²) in [6.45, 7) is 7.85. The van der Waals surface area contributed by atoms with Crippen LogP contribution in [0.3, 0.4) is 0 Å². The molecule has 7 heteroatoms. The van der Waals surface area contributed by atoms with Crippen LogP contribution in [0.4, 0.5) is 0 Å². The molecular formula is C24H27N3O4. The van der Waals surface area contributed by atoms with Crippen molar-refractivity contribution >= 4 is 22.6 Å². The van der Waals surface area contributed by atoms with Crippen LogP contribution in [0.1, 0.15) is 61.3 Å². The van der Waals surface area contributed by atoms with Gasteiger partial charge in [-0.05, 0) is 29.0 Å². The number of nitrogens with zero attached hydrogens (tertiary/aromatic N) is 1. The number of hydrogen-bond acceptors (Lipinski definition) is 5. The predicted molar refractivity (Wildman–Crippen MR) is 119 cm³/mol. The maximum atomic E-state index is 12.5. The number of aromatic nitrogens is 2. The molecule has 162 valence electrons. The van der Waals surface area contributed by atoms with E-state index in [-0.39, 0.29) is 17.7 Å². The Bertz CT molecular complexity index is 1130. The molecule has 3 aromatic rings. The molecule has 0 aliphatic rings.